The van der Waals surface area contributed by atoms with Gasteiger partial charge in [0.05, 0.1) is 0 Å². The lowest BCUT2D eigenvalue weighted by Crippen LogP contribution is -2.42. The van der Waals surface area contributed by atoms with E-state index in [-0.39, 0.29) is 0 Å². The Kier molecular flexibility index (Phi) is 6.55. The van der Waals surface area contributed by atoms with Gasteiger partial charge in [-0.05, 0) is 38.8 Å². The minimum absolute atomic E-state index is 0.551. The molecule has 18 heavy (non-hydrogen) atoms. The number of nitrogens with zero attached hydrogens (tertiary/aromatic N) is 2. The first kappa shape index (κ1) is 15.9. The summed E-state index contributed by atoms with van der Waals surface area (Å²) < 4.78 is 27.5. The normalized spacial score (nSPS) is 18.1. The van der Waals surface area contributed by atoms with E-state index in [9.17, 15) is 8.42 Å². The summed E-state index contributed by atoms with van der Waals surface area (Å²) in [6.07, 6.45) is 5.67. The van der Waals surface area contributed by atoms with E-state index in [1.165, 1.54) is 34.3 Å². The molecule has 1 rings (SSSR count). The SMILES string of the molecule is CNCCCN(C)S(=O)(=O)N(C)CC1CCCC1. The summed E-state index contributed by atoms with van der Waals surface area (Å²) >= 11 is 0. The molecule has 6 heteroatoms. The van der Waals surface area contributed by atoms with Crippen molar-refractivity contribution in [3.63, 3.8) is 0 Å². The molecule has 0 aromatic rings. The maximum absolute atomic E-state index is 12.2. The summed E-state index contributed by atoms with van der Waals surface area (Å²) in [5.74, 6) is 0.551. The van der Waals surface area contributed by atoms with Gasteiger partial charge in [0.1, 0.15) is 0 Å². The van der Waals surface area contributed by atoms with E-state index in [4.69, 9.17) is 0 Å². The molecule has 1 saturated carbocycles. The third kappa shape index (κ3) is 4.50. The standard InChI is InChI=1S/C12H27N3O2S/c1-13-9-6-10-14(2)18(16,17)15(3)11-12-7-4-5-8-12/h12-13H,4-11H2,1-3H3. The average molecular weight is 277 g/mol. The van der Waals surface area contributed by atoms with E-state index in [1.807, 2.05) is 7.05 Å². The Balaban J connectivity index is 2.44. The highest BCUT2D eigenvalue weighted by molar-refractivity contribution is 7.86. The second-order valence-electron chi connectivity index (χ2n) is 5.22. The van der Waals surface area contributed by atoms with Crippen LogP contribution < -0.4 is 5.32 Å². The molecule has 1 aliphatic carbocycles. The number of nitrogens with one attached hydrogen (secondary N) is 1. The van der Waals surface area contributed by atoms with Gasteiger partial charge in [-0.15, -0.1) is 0 Å². The Hall–Kier alpha value is -0.170. The average Bonchev–Trinajstić information content (AvgIpc) is 2.81. The maximum atomic E-state index is 12.2. The maximum Gasteiger partial charge on any atom is 0.281 e. The first-order valence-electron chi connectivity index (χ1n) is 6.80. The first-order chi connectivity index (χ1) is 8.48. The minimum atomic E-state index is -3.27. The molecule has 0 radical (unpaired) electrons. The van der Waals surface area contributed by atoms with E-state index in [1.54, 1.807) is 14.1 Å². The van der Waals surface area contributed by atoms with Crippen molar-refractivity contribution >= 4 is 10.2 Å². The fraction of sp³-hybridized carbons (Fsp3) is 1.00. The van der Waals surface area contributed by atoms with Crippen LogP contribution in [0.1, 0.15) is 32.1 Å². The fourth-order valence-electron chi connectivity index (χ4n) is 2.48. The third-order valence-electron chi connectivity index (χ3n) is 3.68. The number of hydrogen-bond donors (Lipinski definition) is 1. The van der Waals surface area contributed by atoms with E-state index in [2.05, 4.69) is 5.32 Å². The van der Waals surface area contributed by atoms with Crippen molar-refractivity contribution in [1.29, 1.82) is 0 Å². The molecule has 0 heterocycles. The molecular formula is C12H27N3O2S. The second-order valence-corrected chi connectivity index (χ2v) is 7.36. The van der Waals surface area contributed by atoms with Crippen LogP contribution in [-0.4, -0.2) is 57.8 Å². The molecule has 0 bridgehead atoms. The van der Waals surface area contributed by atoms with Crippen LogP contribution in [0.25, 0.3) is 0 Å². The quantitative estimate of drug-likeness (QED) is 0.671. The number of hydrogen-bond acceptors (Lipinski definition) is 3. The molecule has 5 nitrogen and oxygen atoms in total. The minimum Gasteiger partial charge on any atom is -0.320 e. The van der Waals surface area contributed by atoms with Crippen LogP contribution in [0.4, 0.5) is 0 Å². The molecule has 108 valence electrons. The van der Waals surface area contributed by atoms with Crippen molar-refractivity contribution in [3.05, 3.63) is 0 Å². The van der Waals surface area contributed by atoms with Crippen molar-refractivity contribution in [3.8, 4) is 0 Å². The molecule has 0 atom stereocenters. The molecule has 0 aromatic carbocycles. The summed E-state index contributed by atoms with van der Waals surface area (Å²) in [7, 11) is 1.97. The molecule has 0 aliphatic heterocycles. The van der Waals surface area contributed by atoms with E-state index in [0.29, 0.717) is 19.0 Å². The van der Waals surface area contributed by atoms with Crippen LogP contribution >= 0.6 is 0 Å². The van der Waals surface area contributed by atoms with E-state index in [0.717, 1.165) is 13.0 Å². The molecule has 1 fully saturated rings. The molecule has 0 amide bonds. The van der Waals surface area contributed by atoms with Gasteiger partial charge in [-0.1, -0.05) is 12.8 Å². The Labute approximate surface area is 112 Å². The molecular weight excluding hydrogens is 250 g/mol. The number of rotatable bonds is 8. The van der Waals surface area contributed by atoms with Gasteiger partial charge in [0.2, 0.25) is 0 Å². The van der Waals surface area contributed by atoms with E-state index >= 15 is 0 Å². The van der Waals surface area contributed by atoms with Crippen LogP contribution in [0.15, 0.2) is 0 Å². The molecule has 0 saturated heterocycles. The third-order valence-corrected chi connectivity index (χ3v) is 5.58. The highest BCUT2D eigenvalue weighted by Crippen LogP contribution is 2.26. The summed E-state index contributed by atoms with van der Waals surface area (Å²) in [5.41, 5.74) is 0. The van der Waals surface area contributed by atoms with Gasteiger partial charge >= 0.3 is 0 Å². The Morgan fingerprint density at radius 1 is 1.17 bits per heavy atom. The zero-order valence-electron chi connectivity index (χ0n) is 11.9. The summed E-state index contributed by atoms with van der Waals surface area (Å²) in [6, 6.07) is 0. The predicted molar refractivity (Wildman–Crippen MR) is 74.7 cm³/mol. The summed E-state index contributed by atoms with van der Waals surface area (Å²) in [4.78, 5) is 0. The van der Waals surface area contributed by atoms with Crippen LogP contribution in [-0.2, 0) is 10.2 Å². The van der Waals surface area contributed by atoms with Gasteiger partial charge in [0, 0.05) is 27.2 Å². The Morgan fingerprint density at radius 2 is 1.78 bits per heavy atom. The van der Waals surface area contributed by atoms with Crippen molar-refractivity contribution < 1.29 is 8.42 Å². The lowest BCUT2D eigenvalue weighted by Gasteiger charge is -2.26. The van der Waals surface area contributed by atoms with Crippen LogP contribution in [0, 0.1) is 5.92 Å². The highest BCUT2D eigenvalue weighted by atomic mass is 32.2. The molecule has 0 spiro atoms. The highest BCUT2D eigenvalue weighted by Gasteiger charge is 2.26. The van der Waals surface area contributed by atoms with Gasteiger partial charge in [0.25, 0.3) is 10.2 Å². The van der Waals surface area contributed by atoms with Crippen molar-refractivity contribution in [2.45, 2.75) is 32.1 Å². The molecule has 0 aromatic heterocycles. The lowest BCUT2D eigenvalue weighted by atomic mass is 10.1. The zero-order chi connectivity index (χ0) is 13.6. The monoisotopic (exact) mass is 277 g/mol. The largest absolute Gasteiger partial charge is 0.320 e. The smallest absolute Gasteiger partial charge is 0.281 e. The van der Waals surface area contributed by atoms with Crippen molar-refractivity contribution in [1.82, 2.24) is 13.9 Å². The second kappa shape index (κ2) is 7.43. The predicted octanol–water partition coefficient (Wildman–Crippen LogP) is 0.895. The molecule has 1 N–H and O–H groups in total. The zero-order valence-corrected chi connectivity index (χ0v) is 12.7. The van der Waals surface area contributed by atoms with Gasteiger partial charge in [-0.25, -0.2) is 0 Å². The van der Waals surface area contributed by atoms with Crippen LogP contribution in [0.5, 0.6) is 0 Å². The first-order valence-corrected chi connectivity index (χ1v) is 8.20. The van der Waals surface area contributed by atoms with Gasteiger partial charge in [-0.3, -0.25) is 0 Å². The Morgan fingerprint density at radius 3 is 2.33 bits per heavy atom. The van der Waals surface area contributed by atoms with Gasteiger partial charge in [0.15, 0.2) is 0 Å². The Bertz CT molecular complexity index is 326. The summed E-state index contributed by atoms with van der Waals surface area (Å²) in [6.45, 7) is 2.07. The van der Waals surface area contributed by atoms with Gasteiger partial charge in [-0.2, -0.15) is 17.0 Å². The molecule has 0 unspecified atom stereocenters. The van der Waals surface area contributed by atoms with Crippen LogP contribution in [0.2, 0.25) is 0 Å². The van der Waals surface area contributed by atoms with E-state index < -0.39 is 10.2 Å². The lowest BCUT2D eigenvalue weighted by molar-refractivity contribution is 0.348. The molecule has 1 aliphatic rings. The van der Waals surface area contributed by atoms with Crippen LogP contribution in [0.3, 0.4) is 0 Å². The van der Waals surface area contributed by atoms with Crippen molar-refractivity contribution in [2.75, 3.05) is 40.8 Å². The topological polar surface area (TPSA) is 52.7 Å². The van der Waals surface area contributed by atoms with Crippen molar-refractivity contribution in [2.24, 2.45) is 5.92 Å². The fourth-order valence-corrected chi connectivity index (χ4v) is 3.72. The summed E-state index contributed by atoms with van der Waals surface area (Å²) in [5, 5.41) is 3.03. The van der Waals surface area contributed by atoms with Gasteiger partial charge < -0.3 is 5.32 Å².